The molecule has 6 nitrogen and oxygen atoms in total. The van der Waals surface area contributed by atoms with Crippen LogP contribution in [-0.2, 0) is 0 Å². The summed E-state index contributed by atoms with van der Waals surface area (Å²) in [4.78, 5) is 23.5. The lowest BCUT2D eigenvalue weighted by Crippen LogP contribution is -2.19. The topological polar surface area (TPSA) is 110 Å². The van der Waals surface area contributed by atoms with Gasteiger partial charge in [0.2, 0.25) is 5.82 Å². The number of amides is 2. The molecule has 0 fully saturated rings. The highest BCUT2D eigenvalue weighted by molar-refractivity contribution is 7.19. The molecule has 0 aliphatic rings. The Kier molecular flexibility index (Phi) is 5.59. The number of hydrogen-bond donors (Lipinski definition) is 4. The minimum Gasteiger partial charge on any atom is -0.397 e. The van der Waals surface area contributed by atoms with Gasteiger partial charge in [0.1, 0.15) is 15.6 Å². The van der Waals surface area contributed by atoms with E-state index in [-0.39, 0.29) is 16.6 Å². The molecule has 0 bridgehead atoms. The molecule has 27 heavy (non-hydrogen) atoms. The van der Waals surface area contributed by atoms with Gasteiger partial charge < -0.3 is 22.1 Å². The number of nitrogens with two attached hydrogens (primary N) is 2. The van der Waals surface area contributed by atoms with Crippen molar-refractivity contribution in [1.82, 2.24) is 0 Å². The molecule has 0 radical (unpaired) electrons. The van der Waals surface area contributed by atoms with Crippen LogP contribution in [0.1, 0.15) is 33.9 Å². The summed E-state index contributed by atoms with van der Waals surface area (Å²) >= 11 is 0.638. The Morgan fingerprint density at radius 3 is 1.89 bits per heavy atom. The van der Waals surface area contributed by atoms with E-state index in [0.717, 1.165) is 0 Å². The largest absolute Gasteiger partial charge is 0.397 e. The van der Waals surface area contributed by atoms with E-state index < -0.39 is 57.2 Å². The smallest absolute Gasteiger partial charge is 0.268 e. The van der Waals surface area contributed by atoms with Crippen LogP contribution >= 0.6 is 11.3 Å². The van der Waals surface area contributed by atoms with Crippen LogP contribution in [0.5, 0.6) is 0 Å². The van der Waals surface area contributed by atoms with Crippen LogP contribution in [0.25, 0.3) is 0 Å². The van der Waals surface area contributed by atoms with Crippen molar-refractivity contribution in [3.05, 3.63) is 39.5 Å². The van der Waals surface area contributed by atoms with Crippen molar-refractivity contribution in [2.24, 2.45) is 5.73 Å². The van der Waals surface area contributed by atoms with E-state index in [1.807, 2.05) is 0 Å². The van der Waals surface area contributed by atoms with Crippen LogP contribution in [0, 0.1) is 29.1 Å². The van der Waals surface area contributed by atoms with E-state index in [1.165, 1.54) is 0 Å². The highest BCUT2D eigenvalue weighted by Gasteiger charge is 2.29. The second kappa shape index (κ2) is 7.39. The van der Waals surface area contributed by atoms with Gasteiger partial charge in [-0.2, -0.15) is 0 Å². The predicted octanol–water partition coefficient (Wildman–Crippen LogP) is 3.20. The first-order valence-corrected chi connectivity index (χ1v) is 8.10. The van der Waals surface area contributed by atoms with Gasteiger partial charge in [0.05, 0.1) is 11.3 Å². The van der Waals surface area contributed by atoms with Crippen molar-refractivity contribution < 1.29 is 31.5 Å². The summed E-state index contributed by atoms with van der Waals surface area (Å²) < 4.78 is 67.0. The molecule has 0 spiro atoms. The molecule has 1 aromatic heterocycles. The summed E-state index contributed by atoms with van der Waals surface area (Å²) in [6, 6.07) is -0.188. The normalized spacial score (nSPS) is 11.0. The number of anilines is 3. The van der Waals surface area contributed by atoms with E-state index >= 15 is 0 Å². The maximum Gasteiger partial charge on any atom is 0.268 e. The number of primary amides is 1. The third kappa shape index (κ3) is 3.65. The Bertz CT molecular complexity index is 916. The van der Waals surface area contributed by atoms with E-state index in [2.05, 4.69) is 5.32 Å². The van der Waals surface area contributed by atoms with E-state index in [1.54, 1.807) is 19.2 Å². The third-order valence-electron chi connectivity index (χ3n) is 3.27. The SMILES string of the molecule is CC(C)Nc1sc(C(=O)Nc2c(F)c(F)c(F)c(F)c2F)c(N)c1C(N)=O. The summed E-state index contributed by atoms with van der Waals surface area (Å²) in [5.41, 5.74) is 8.77. The minimum atomic E-state index is -2.36. The van der Waals surface area contributed by atoms with Gasteiger partial charge in [0.25, 0.3) is 11.8 Å². The molecule has 0 unspecified atom stereocenters. The summed E-state index contributed by atoms with van der Waals surface area (Å²) in [6.45, 7) is 3.44. The maximum atomic E-state index is 13.7. The standard InChI is InChI=1S/C15H13F5N4O2S/c1-3(2)23-15-4(13(22)25)10(21)12(27-15)14(26)24-11-8(19)6(17)5(16)7(18)9(11)20/h3,23H,21H2,1-2H3,(H2,22,25)(H,24,26). The van der Waals surface area contributed by atoms with Gasteiger partial charge in [-0.25, -0.2) is 22.0 Å². The van der Waals surface area contributed by atoms with Crippen LogP contribution in [0.2, 0.25) is 0 Å². The Balaban J connectivity index is 2.50. The van der Waals surface area contributed by atoms with E-state index in [9.17, 15) is 31.5 Å². The van der Waals surface area contributed by atoms with Gasteiger partial charge in [0.15, 0.2) is 23.3 Å². The van der Waals surface area contributed by atoms with Crippen molar-refractivity contribution in [3.63, 3.8) is 0 Å². The highest BCUT2D eigenvalue weighted by Crippen LogP contribution is 2.37. The number of carbonyl (C=O) groups excluding carboxylic acids is 2. The average Bonchev–Trinajstić information content (AvgIpc) is 2.90. The molecule has 0 saturated carbocycles. The van der Waals surface area contributed by atoms with Crippen molar-refractivity contribution in [2.75, 3.05) is 16.4 Å². The minimum absolute atomic E-state index is 0.123. The molecule has 12 heteroatoms. The quantitative estimate of drug-likeness (QED) is 0.346. The average molecular weight is 408 g/mol. The predicted molar refractivity (Wildman–Crippen MR) is 90.2 cm³/mol. The molecule has 0 aliphatic carbocycles. The zero-order valence-corrected chi connectivity index (χ0v) is 14.7. The number of benzene rings is 1. The summed E-state index contributed by atoms with van der Waals surface area (Å²) in [5.74, 6) is -13.5. The molecule has 0 atom stereocenters. The van der Waals surface area contributed by atoms with Gasteiger partial charge in [-0.3, -0.25) is 9.59 Å². The van der Waals surface area contributed by atoms with Crippen molar-refractivity contribution >= 4 is 39.5 Å². The Morgan fingerprint density at radius 2 is 1.44 bits per heavy atom. The number of nitrogen functional groups attached to an aromatic ring is 1. The second-order valence-corrected chi connectivity index (χ2v) is 6.63. The molecule has 2 rings (SSSR count). The second-order valence-electron chi connectivity index (χ2n) is 5.61. The van der Waals surface area contributed by atoms with Crippen molar-refractivity contribution in [1.29, 1.82) is 0 Å². The maximum absolute atomic E-state index is 13.7. The number of hydrogen-bond acceptors (Lipinski definition) is 5. The van der Waals surface area contributed by atoms with Gasteiger partial charge in [0, 0.05) is 6.04 Å². The Morgan fingerprint density at radius 1 is 0.963 bits per heavy atom. The lowest BCUT2D eigenvalue weighted by Gasteiger charge is -2.09. The molecule has 0 saturated heterocycles. The fraction of sp³-hybridized carbons (Fsp3) is 0.200. The number of nitrogens with one attached hydrogen (secondary N) is 2. The molecule has 2 amide bonds. The summed E-state index contributed by atoms with van der Waals surface area (Å²) in [6.07, 6.45) is 0. The van der Waals surface area contributed by atoms with Crippen molar-refractivity contribution in [3.8, 4) is 0 Å². The monoisotopic (exact) mass is 408 g/mol. The van der Waals surface area contributed by atoms with Gasteiger partial charge in [-0.1, -0.05) is 0 Å². The lowest BCUT2D eigenvalue weighted by molar-refractivity contribution is 0.100. The molecule has 1 heterocycles. The van der Waals surface area contributed by atoms with E-state index in [4.69, 9.17) is 11.5 Å². The first-order chi connectivity index (χ1) is 12.5. The molecule has 2 aromatic rings. The van der Waals surface area contributed by atoms with Crippen molar-refractivity contribution in [2.45, 2.75) is 19.9 Å². The zero-order valence-electron chi connectivity index (χ0n) is 13.8. The zero-order chi connectivity index (χ0) is 20.6. The first kappa shape index (κ1) is 20.4. The van der Waals surface area contributed by atoms with Gasteiger partial charge in [-0.15, -0.1) is 11.3 Å². The molecule has 146 valence electrons. The number of rotatable bonds is 5. The Hall–Kier alpha value is -2.89. The molecule has 6 N–H and O–H groups in total. The molecular formula is C15H13F5N4O2S. The summed E-state index contributed by atoms with van der Waals surface area (Å²) in [5, 5.41) is 4.54. The summed E-state index contributed by atoms with van der Waals surface area (Å²) in [7, 11) is 0. The molecule has 1 aromatic carbocycles. The fourth-order valence-electron chi connectivity index (χ4n) is 2.11. The first-order valence-electron chi connectivity index (χ1n) is 7.28. The lowest BCUT2D eigenvalue weighted by atomic mass is 10.2. The Labute approximate surface area is 153 Å². The van der Waals surface area contributed by atoms with Crippen LogP contribution in [0.15, 0.2) is 0 Å². The third-order valence-corrected chi connectivity index (χ3v) is 4.40. The van der Waals surface area contributed by atoms with Gasteiger partial charge >= 0.3 is 0 Å². The van der Waals surface area contributed by atoms with E-state index in [0.29, 0.717) is 11.3 Å². The fourth-order valence-corrected chi connectivity index (χ4v) is 3.27. The highest BCUT2D eigenvalue weighted by atomic mass is 32.1. The van der Waals surface area contributed by atoms with Gasteiger partial charge in [-0.05, 0) is 13.8 Å². The molecule has 0 aliphatic heterocycles. The molecular weight excluding hydrogens is 395 g/mol. The van der Waals surface area contributed by atoms with Crippen LogP contribution in [-0.4, -0.2) is 17.9 Å². The van der Waals surface area contributed by atoms with Crippen LogP contribution in [0.4, 0.5) is 38.3 Å². The van der Waals surface area contributed by atoms with Crippen LogP contribution in [0.3, 0.4) is 0 Å². The van der Waals surface area contributed by atoms with Crippen LogP contribution < -0.4 is 22.1 Å². The number of thiophene rings is 1. The number of halogens is 5. The number of carbonyl (C=O) groups is 2.